The normalized spacial score (nSPS) is 12.9. The summed E-state index contributed by atoms with van der Waals surface area (Å²) in [5.74, 6) is -0.278. The van der Waals surface area contributed by atoms with Crippen molar-refractivity contribution in [3.05, 3.63) is 0 Å². The lowest BCUT2D eigenvalue weighted by Crippen LogP contribution is -2.36. The van der Waals surface area contributed by atoms with Gasteiger partial charge in [0.1, 0.15) is 0 Å². The zero-order valence-electron chi connectivity index (χ0n) is 7.39. The first-order valence-electron chi connectivity index (χ1n) is 4.22. The van der Waals surface area contributed by atoms with Crippen LogP contribution < -0.4 is 11.1 Å². The zero-order valence-corrected chi connectivity index (χ0v) is 7.39. The second-order valence-corrected chi connectivity index (χ2v) is 2.74. The Labute approximate surface area is 68.3 Å². The molecule has 0 bridgehead atoms. The molecule has 0 heterocycles. The van der Waals surface area contributed by atoms with Crippen LogP contribution >= 0.6 is 0 Å². The minimum Gasteiger partial charge on any atom is -0.369 e. The van der Waals surface area contributed by atoms with Gasteiger partial charge in [0.15, 0.2) is 0 Å². The lowest BCUT2D eigenvalue weighted by Gasteiger charge is -2.13. The molecule has 0 saturated heterocycles. The maximum absolute atomic E-state index is 10.4. The molecular weight excluding hydrogens is 140 g/mol. The number of carbonyl (C=O) groups excluding carboxylic acids is 1. The largest absolute Gasteiger partial charge is 0.369 e. The van der Waals surface area contributed by atoms with Gasteiger partial charge >= 0.3 is 0 Å². The molecule has 0 aliphatic heterocycles. The van der Waals surface area contributed by atoms with Gasteiger partial charge in [0.2, 0.25) is 5.91 Å². The fourth-order valence-electron chi connectivity index (χ4n) is 1.04. The van der Waals surface area contributed by atoms with Crippen molar-refractivity contribution in [3.8, 4) is 0 Å². The molecule has 1 unspecified atom stereocenters. The molecule has 0 fully saturated rings. The number of carbonyl (C=O) groups is 1. The average Bonchev–Trinajstić information content (AvgIpc) is 1.97. The Morgan fingerprint density at radius 2 is 2.18 bits per heavy atom. The zero-order chi connectivity index (χ0) is 8.69. The van der Waals surface area contributed by atoms with Gasteiger partial charge < -0.3 is 11.1 Å². The van der Waals surface area contributed by atoms with E-state index < -0.39 is 0 Å². The molecule has 0 radical (unpaired) electrons. The Kier molecular flexibility index (Phi) is 5.84. The molecule has 3 nitrogen and oxygen atoms in total. The highest BCUT2D eigenvalue weighted by molar-refractivity contribution is 5.75. The number of amides is 1. The summed E-state index contributed by atoms with van der Waals surface area (Å²) in [7, 11) is 0. The van der Waals surface area contributed by atoms with Crippen molar-refractivity contribution in [2.45, 2.75) is 39.2 Å². The Hall–Kier alpha value is -0.570. The van der Waals surface area contributed by atoms with Crippen LogP contribution in [0.15, 0.2) is 0 Å². The van der Waals surface area contributed by atoms with E-state index in [1.54, 1.807) is 0 Å². The molecule has 0 aromatic heterocycles. The highest BCUT2D eigenvalue weighted by atomic mass is 16.1. The number of hydrogen-bond donors (Lipinski definition) is 2. The molecule has 3 heteroatoms. The molecule has 0 rings (SSSR count). The van der Waals surface area contributed by atoms with Crippen LogP contribution in [0.25, 0.3) is 0 Å². The number of nitrogens with two attached hydrogens (primary N) is 1. The van der Waals surface area contributed by atoms with Crippen molar-refractivity contribution in [1.29, 1.82) is 0 Å². The summed E-state index contributed by atoms with van der Waals surface area (Å²) < 4.78 is 0. The van der Waals surface area contributed by atoms with Crippen molar-refractivity contribution in [2.24, 2.45) is 5.73 Å². The monoisotopic (exact) mass is 158 g/mol. The topological polar surface area (TPSA) is 55.1 Å². The molecule has 0 spiro atoms. The summed E-state index contributed by atoms with van der Waals surface area (Å²) in [5, 5.41) is 3.10. The maximum Gasteiger partial charge on any atom is 0.231 e. The van der Waals surface area contributed by atoms with Crippen LogP contribution in [-0.2, 0) is 4.79 Å². The Morgan fingerprint density at radius 1 is 1.55 bits per heavy atom. The number of rotatable bonds is 6. The van der Waals surface area contributed by atoms with Crippen molar-refractivity contribution >= 4 is 5.91 Å². The predicted octanol–water partition coefficient (Wildman–Crippen LogP) is 0.640. The van der Waals surface area contributed by atoms with Crippen molar-refractivity contribution in [1.82, 2.24) is 5.32 Å². The highest BCUT2D eigenvalue weighted by Crippen LogP contribution is 1.99. The van der Waals surface area contributed by atoms with Crippen molar-refractivity contribution in [3.63, 3.8) is 0 Å². The third-order valence-corrected chi connectivity index (χ3v) is 1.69. The fourth-order valence-corrected chi connectivity index (χ4v) is 1.04. The molecule has 1 atom stereocenters. The summed E-state index contributed by atoms with van der Waals surface area (Å²) in [6.07, 6.45) is 3.31. The second kappa shape index (κ2) is 6.16. The van der Waals surface area contributed by atoms with Gasteiger partial charge in [-0.1, -0.05) is 20.3 Å². The first kappa shape index (κ1) is 10.4. The first-order valence-corrected chi connectivity index (χ1v) is 4.22. The van der Waals surface area contributed by atoms with Gasteiger partial charge in [-0.3, -0.25) is 4.79 Å². The van der Waals surface area contributed by atoms with E-state index in [1.807, 2.05) is 0 Å². The fraction of sp³-hybridized carbons (Fsp3) is 0.875. The third-order valence-electron chi connectivity index (χ3n) is 1.69. The lowest BCUT2D eigenvalue weighted by atomic mass is 10.1. The SMILES string of the molecule is CCCC(CC)NCC(N)=O. The summed E-state index contributed by atoms with van der Waals surface area (Å²) in [4.78, 5) is 10.4. The van der Waals surface area contributed by atoms with Crippen molar-refractivity contribution in [2.75, 3.05) is 6.54 Å². The third kappa shape index (κ3) is 5.85. The van der Waals surface area contributed by atoms with E-state index in [1.165, 1.54) is 0 Å². The van der Waals surface area contributed by atoms with E-state index in [0.29, 0.717) is 12.6 Å². The van der Waals surface area contributed by atoms with E-state index in [9.17, 15) is 4.79 Å². The van der Waals surface area contributed by atoms with Crippen molar-refractivity contribution < 1.29 is 4.79 Å². The van der Waals surface area contributed by atoms with Crippen LogP contribution in [0.2, 0.25) is 0 Å². The summed E-state index contributed by atoms with van der Waals surface area (Å²) in [6, 6.07) is 0.451. The molecule has 0 aromatic carbocycles. The average molecular weight is 158 g/mol. The van der Waals surface area contributed by atoms with Gasteiger partial charge in [-0.2, -0.15) is 0 Å². The Balaban J connectivity index is 3.43. The van der Waals surface area contributed by atoms with Gasteiger partial charge in [0.25, 0.3) is 0 Å². The molecule has 0 saturated carbocycles. The van der Waals surface area contributed by atoms with Crippen LogP contribution in [-0.4, -0.2) is 18.5 Å². The maximum atomic E-state index is 10.4. The Morgan fingerprint density at radius 3 is 2.55 bits per heavy atom. The van der Waals surface area contributed by atoms with Gasteiger partial charge in [0.05, 0.1) is 6.54 Å². The minimum absolute atomic E-state index is 0.278. The molecule has 3 N–H and O–H groups in total. The van der Waals surface area contributed by atoms with Gasteiger partial charge in [-0.15, -0.1) is 0 Å². The summed E-state index contributed by atoms with van der Waals surface area (Å²) in [5.41, 5.74) is 4.99. The van der Waals surface area contributed by atoms with Crippen LogP contribution in [0.1, 0.15) is 33.1 Å². The van der Waals surface area contributed by atoms with Crippen LogP contribution in [0, 0.1) is 0 Å². The van der Waals surface area contributed by atoms with E-state index in [-0.39, 0.29) is 5.91 Å². The number of hydrogen-bond acceptors (Lipinski definition) is 2. The van der Waals surface area contributed by atoms with Gasteiger partial charge in [0, 0.05) is 6.04 Å². The first-order chi connectivity index (χ1) is 5.20. The molecule has 11 heavy (non-hydrogen) atoms. The predicted molar refractivity (Wildman–Crippen MR) is 46.2 cm³/mol. The highest BCUT2D eigenvalue weighted by Gasteiger charge is 2.04. The number of primary amides is 1. The quantitative estimate of drug-likeness (QED) is 0.596. The van der Waals surface area contributed by atoms with Gasteiger partial charge in [-0.05, 0) is 12.8 Å². The molecular formula is C8H18N2O. The van der Waals surface area contributed by atoms with Crippen LogP contribution in [0.3, 0.4) is 0 Å². The summed E-state index contributed by atoms with van der Waals surface area (Å²) in [6.45, 7) is 4.54. The smallest absolute Gasteiger partial charge is 0.231 e. The van der Waals surface area contributed by atoms with E-state index in [0.717, 1.165) is 19.3 Å². The van der Waals surface area contributed by atoms with Crippen LogP contribution in [0.5, 0.6) is 0 Å². The Bertz CT molecular complexity index is 115. The molecule has 0 aliphatic rings. The molecule has 1 amide bonds. The van der Waals surface area contributed by atoms with E-state index in [4.69, 9.17) is 5.73 Å². The minimum atomic E-state index is -0.278. The van der Waals surface area contributed by atoms with Crippen LogP contribution in [0.4, 0.5) is 0 Å². The standard InChI is InChI=1S/C8H18N2O/c1-3-5-7(4-2)10-6-8(9)11/h7,10H,3-6H2,1-2H3,(H2,9,11). The second-order valence-electron chi connectivity index (χ2n) is 2.74. The number of nitrogens with one attached hydrogen (secondary N) is 1. The molecule has 0 aliphatic carbocycles. The lowest BCUT2D eigenvalue weighted by molar-refractivity contribution is -0.117. The van der Waals surface area contributed by atoms with E-state index in [2.05, 4.69) is 19.2 Å². The molecule has 0 aromatic rings. The van der Waals surface area contributed by atoms with E-state index >= 15 is 0 Å². The van der Waals surface area contributed by atoms with Gasteiger partial charge in [-0.25, -0.2) is 0 Å². The molecule has 66 valence electrons. The summed E-state index contributed by atoms with van der Waals surface area (Å²) >= 11 is 0.